The van der Waals surface area contributed by atoms with Crippen molar-refractivity contribution in [1.82, 2.24) is 5.32 Å². The van der Waals surface area contributed by atoms with E-state index >= 15 is 0 Å². The minimum Gasteiger partial charge on any atom is -0.496 e. The number of halogens is 1. The van der Waals surface area contributed by atoms with Crippen molar-refractivity contribution in [2.24, 2.45) is 0 Å². The summed E-state index contributed by atoms with van der Waals surface area (Å²) in [6.45, 7) is 0.276. The van der Waals surface area contributed by atoms with Gasteiger partial charge in [-0.25, -0.2) is 0 Å². The summed E-state index contributed by atoms with van der Waals surface area (Å²) >= 11 is 3.45. The highest BCUT2D eigenvalue weighted by molar-refractivity contribution is 9.10. The number of rotatable bonds is 6. The minimum absolute atomic E-state index is 0.115. The van der Waals surface area contributed by atoms with E-state index in [4.69, 9.17) is 9.47 Å². The molecule has 0 spiro atoms. The lowest BCUT2D eigenvalue weighted by atomic mass is 10.1. The number of para-hydroxylation sites is 2. The monoisotopic (exact) mass is 492 g/mol. The van der Waals surface area contributed by atoms with Crippen LogP contribution in [0.25, 0.3) is 6.08 Å². The number of carbonyl (C=O) groups is 2. The summed E-state index contributed by atoms with van der Waals surface area (Å²) in [7, 11) is 1.59. The topological polar surface area (TPSA) is 67.9 Å². The molecule has 0 bridgehead atoms. The number of hydrogen-bond acceptors (Lipinski definition) is 4. The van der Waals surface area contributed by atoms with Crippen molar-refractivity contribution >= 4 is 39.5 Å². The van der Waals surface area contributed by atoms with Crippen molar-refractivity contribution in [2.45, 2.75) is 6.54 Å². The molecule has 0 atom stereocenters. The van der Waals surface area contributed by atoms with Crippen LogP contribution in [0.4, 0.5) is 5.69 Å². The Kier molecular flexibility index (Phi) is 6.56. The average molecular weight is 493 g/mol. The van der Waals surface area contributed by atoms with E-state index in [1.54, 1.807) is 37.5 Å². The van der Waals surface area contributed by atoms with Crippen LogP contribution in [0.5, 0.6) is 11.5 Å². The third kappa shape index (κ3) is 4.84. The van der Waals surface area contributed by atoms with Gasteiger partial charge in [-0.3, -0.25) is 14.5 Å². The molecule has 0 aliphatic carbocycles. The second-order valence-corrected chi connectivity index (χ2v) is 7.98. The van der Waals surface area contributed by atoms with E-state index in [0.29, 0.717) is 23.7 Å². The number of nitrogens with zero attached hydrogens (tertiary/aromatic N) is 1. The van der Waals surface area contributed by atoms with Crippen molar-refractivity contribution in [3.63, 3.8) is 0 Å². The third-order valence-corrected chi connectivity index (χ3v) is 5.56. The van der Waals surface area contributed by atoms with Gasteiger partial charge in [0.15, 0.2) is 11.5 Å². The molecule has 7 heteroatoms. The molecule has 1 aliphatic heterocycles. The van der Waals surface area contributed by atoms with Crippen LogP contribution in [-0.4, -0.2) is 25.5 Å². The number of benzene rings is 3. The van der Waals surface area contributed by atoms with Crippen LogP contribution in [0, 0.1) is 0 Å². The number of fused-ring (bicyclic) bond motifs is 1. The number of nitrogens with one attached hydrogen (secondary N) is 1. The van der Waals surface area contributed by atoms with Gasteiger partial charge in [0.25, 0.3) is 5.91 Å². The summed E-state index contributed by atoms with van der Waals surface area (Å²) in [6, 6.07) is 22.2. The van der Waals surface area contributed by atoms with Crippen LogP contribution in [0.3, 0.4) is 0 Å². The zero-order chi connectivity index (χ0) is 22.5. The lowest BCUT2D eigenvalue weighted by Crippen LogP contribution is -2.44. The first kappa shape index (κ1) is 21.6. The van der Waals surface area contributed by atoms with Gasteiger partial charge in [0, 0.05) is 6.54 Å². The molecule has 4 rings (SSSR count). The molecular weight excluding hydrogens is 472 g/mol. The molecule has 2 amide bonds. The number of anilines is 1. The molecule has 3 aromatic rings. The molecule has 3 aromatic carbocycles. The third-order valence-electron chi connectivity index (χ3n) is 4.94. The molecular formula is C25H21BrN2O4. The van der Waals surface area contributed by atoms with Crippen molar-refractivity contribution in [1.29, 1.82) is 0 Å². The zero-order valence-electron chi connectivity index (χ0n) is 17.4. The van der Waals surface area contributed by atoms with Gasteiger partial charge >= 0.3 is 0 Å². The molecule has 6 nitrogen and oxygen atoms in total. The summed E-state index contributed by atoms with van der Waals surface area (Å²) in [5, 5.41) is 2.87. The Morgan fingerprint density at radius 3 is 2.59 bits per heavy atom. The normalized spacial score (nSPS) is 14.0. The Labute approximate surface area is 194 Å². The highest BCUT2D eigenvalue weighted by atomic mass is 79.9. The largest absolute Gasteiger partial charge is 0.496 e. The second-order valence-electron chi connectivity index (χ2n) is 7.13. The smallest absolute Gasteiger partial charge is 0.294 e. The minimum atomic E-state index is -0.384. The highest BCUT2D eigenvalue weighted by Crippen LogP contribution is 2.36. The number of methoxy groups -OCH3 is 1. The SMILES string of the molecule is COc1ccc(/C=C2\Oc3ccccc3N(CC(=O)NCc3ccccc3)C2=O)cc1Br. The average Bonchev–Trinajstić information content (AvgIpc) is 2.81. The molecule has 1 N–H and O–H groups in total. The first-order chi connectivity index (χ1) is 15.5. The number of ether oxygens (including phenoxy) is 2. The predicted molar refractivity (Wildman–Crippen MR) is 126 cm³/mol. The maximum absolute atomic E-state index is 13.2. The molecule has 1 aliphatic rings. The van der Waals surface area contributed by atoms with Crippen LogP contribution < -0.4 is 19.7 Å². The molecule has 0 unspecified atom stereocenters. The quantitative estimate of drug-likeness (QED) is 0.512. The van der Waals surface area contributed by atoms with Crippen LogP contribution >= 0.6 is 15.9 Å². The second kappa shape index (κ2) is 9.70. The van der Waals surface area contributed by atoms with Crippen LogP contribution in [0.15, 0.2) is 83.0 Å². The van der Waals surface area contributed by atoms with E-state index in [9.17, 15) is 9.59 Å². The fourth-order valence-corrected chi connectivity index (χ4v) is 3.90. The Hall–Kier alpha value is -3.58. The molecule has 0 fully saturated rings. The molecule has 0 saturated heterocycles. The van der Waals surface area contributed by atoms with Crippen LogP contribution in [0.1, 0.15) is 11.1 Å². The van der Waals surface area contributed by atoms with E-state index in [1.807, 2.05) is 48.5 Å². The highest BCUT2D eigenvalue weighted by Gasteiger charge is 2.31. The molecule has 1 heterocycles. The first-order valence-corrected chi connectivity index (χ1v) is 10.8. The van der Waals surface area contributed by atoms with Gasteiger partial charge in [-0.2, -0.15) is 0 Å². The fourth-order valence-electron chi connectivity index (χ4n) is 3.34. The summed E-state index contributed by atoms with van der Waals surface area (Å²) in [5.41, 5.74) is 2.30. The molecule has 162 valence electrons. The number of hydrogen-bond donors (Lipinski definition) is 1. The first-order valence-electron chi connectivity index (χ1n) is 10.00. The van der Waals surface area contributed by atoms with Crippen molar-refractivity contribution in [3.8, 4) is 11.5 Å². The van der Waals surface area contributed by atoms with Gasteiger partial charge in [-0.1, -0.05) is 48.5 Å². The maximum atomic E-state index is 13.2. The van der Waals surface area contributed by atoms with Gasteiger partial charge in [0.2, 0.25) is 5.91 Å². The van der Waals surface area contributed by atoms with Crippen LogP contribution in [0.2, 0.25) is 0 Å². The van der Waals surface area contributed by atoms with E-state index < -0.39 is 0 Å². The van der Waals surface area contributed by atoms with Gasteiger partial charge in [0.05, 0.1) is 17.3 Å². The fraction of sp³-hybridized carbons (Fsp3) is 0.120. The van der Waals surface area contributed by atoms with E-state index in [-0.39, 0.29) is 24.1 Å². The standard InChI is InChI=1S/C25H21BrN2O4/c1-31-21-12-11-18(13-19(21)26)14-23-25(30)28(20-9-5-6-10-22(20)32-23)16-24(29)27-15-17-7-3-2-4-8-17/h2-14H,15-16H2,1H3,(H,27,29)/b23-14-. The molecule has 0 saturated carbocycles. The maximum Gasteiger partial charge on any atom is 0.294 e. The lowest BCUT2D eigenvalue weighted by molar-refractivity contribution is -0.123. The summed E-state index contributed by atoms with van der Waals surface area (Å²) < 4.78 is 11.9. The Morgan fingerprint density at radius 1 is 1.09 bits per heavy atom. The van der Waals surface area contributed by atoms with Gasteiger partial charge < -0.3 is 14.8 Å². The van der Waals surface area contributed by atoms with E-state index in [2.05, 4.69) is 21.2 Å². The van der Waals surface area contributed by atoms with Crippen molar-refractivity contribution in [3.05, 3.63) is 94.2 Å². The van der Waals surface area contributed by atoms with Crippen LogP contribution in [-0.2, 0) is 16.1 Å². The lowest BCUT2D eigenvalue weighted by Gasteiger charge is -2.30. The van der Waals surface area contributed by atoms with E-state index in [1.165, 1.54) is 4.90 Å². The molecule has 32 heavy (non-hydrogen) atoms. The predicted octanol–water partition coefficient (Wildman–Crippen LogP) is 4.54. The van der Waals surface area contributed by atoms with Gasteiger partial charge in [0.1, 0.15) is 12.3 Å². The van der Waals surface area contributed by atoms with Gasteiger partial charge in [-0.15, -0.1) is 0 Å². The Morgan fingerprint density at radius 2 is 1.84 bits per heavy atom. The Balaban J connectivity index is 1.56. The number of amides is 2. The van der Waals surface area contributed by atoms with Crippen molar-refractivity contribution in [2.75, 3.05) is 18.6 Å². The molecule has 0 aromatic heterocycles. The Bertz CT molecular complexity index is 1180. The summed E-state index contributed by atoms with van der Waals surface area (Å²) in [5.74, 6) is 0.694. The number of carbonyl (C=O) groups excluding carboxylic acids is 2. The summed E-state index contributed by atoms with van der Waals surface area (Å²) in [6.07, 6.45) is 1.65. The summed E-state index contributed by atoms with van der Waals surface area (Å²) in [4.78, 5) is 27.3. The van der Waals surface area contributed by atoms with E-state index in [0.717, 1.165) is 15.6 Å². The van der Waals surface area contributed by atoms with Gasteiger partial charge in [-0.05, 0) is 57.4 Å². The van der Waals surface area contributed by atoms with Crippen molar-refractivity contribution < 1.29 is 19.1 Å². The zero-order valence-corrected chi connectivity index (χ0v) is 19.0. The molecule has 0 radical (unpaired) electrons.